The zero-order valence-electron chi connectivity index (χ0n) is 23.1. The smallest absolute Gasteiger partial charge is 0.229 e. The molecule has 0 radical (unpaired) electrons. The minimum atomic E-state index is -0.191. The second kappa shape index (κ2) is 11.9. The van der Waals surface area contributed by atoms with Gasteiger partial charge in [-0.15, -0.1) is 12.4 Å². The average molecular weight is 552 g/mol. The Morgan fingerprint density at radius 2 is 1.64 bits per heavy atom. The summed E-state index contributed by atoms with van der Waals surface area (Å²) in [4.78, 5) is 33.5. The molecule has 39 heavy (non-hydrogen) atoms. The number of benzene rings is 2. The van der Waals surface area contributed by atoms with Crippen LogP contribution in [0.2, 0.25) is 0 Å². The van der Waals surface area contributed by atoms with Gasteiger partial charge in [0.1, 0.15) is 5.75 Å². The number of carbonyl (C=O) groups excluding carboxylic acids is 2. The van der Waals surface area contributed by atoms with E-state index in [0.29, 0.717) is 30.2 Å². The molecule has 6 rings (SSSR count). The highest BCUT2D eigenvalue weighted by Crippen LogP contribution is 2.43. The molecule has 0 bridgehead atoms. The van der Waals surface area contributed by atoms with Crippen molar-refractivity contribution in [2.75, 3.05) is 46.4 Å². The van der Waals surface area contributed by atoms with E-state index in [1.807, 2.05) is 12.1 Å². The summed E-state index contributed by atoms with van der Waals surface area (Å²) in [5.74, 6) is 2.66. The van der Waals surface area contributed by atoms with E-state index in [2.05, 4.69) is 57.2 Å². The Labute approximate surface area is 239 Å². The molecule has 6 nitrogen and oxygen atoms in total. The highest BCUT2D eigenvalue weighted by atomic mass is 35.5. The second-order valence-electron chi connectivity index (χ2n) is 12.1. The van der Waals surface area contributed by atoms with E-state index in [-0.39, 0.29) is 23.7 Å². The molecule has 3 saturated heterocycles. The summed E-state index contributed by atoms with van der Waals surface area (Å²) in [7, 11) is 1.68. The van der Waals surface area contributed by atoms with Gasteiger partial charge in [-0.1, -0.05) is 48.9 Å². The lowest BCUT2D eigenvalue weighted by Gasteiger charge is -2.39. The van der Waals surface area contributed by atoms with Crippen molar-refractivity contribution in [1.29, 1.82) is 0 Å². The van der Waals surface area contributed by atoms with Gasteiger partial charge in [0.05, 0.1) is 12.5 Å². The first-order valence-corrected chi connectivity index (χ1v) is 14.5. The number of amides is 2. The summed E-state index contributed by atoms with van der Waals surface area (Å²) in [5, 5.41) is 0. The normalized spacial score (nSPS) is 25.0. The summed E-state index contributed by atoms with van der Waals surface area (Å²) < 4.78 is 5.27. The van der Waals surface area contributed by atoms with Crippen LogP contribution in [0.25, 0.3) is 0 Å². The van der Waals surface area contributed by atoms with Gasteiger partial charge in [-0.3, -0.25) is 9.59 Å². The van der Waals surface area contributed by atoms with E-state index in [0.717, 1.165) is 82.7 Å². The molecule has 1 spiro atoms. The van der Waals surface area contributed by atoms with Crippen molar-refractivity contribution in [1.82, 2.24) is 14.7 Å². The van der Waals surface area contributed by atoms with Gasteiger partial charge in [-0.25, -0.2) is 0 Å². The molecular weight excluding hydrogens is 510 g/mol. The van der Waals surface area contributed by atoms with E-state index < -0.39 is 0 Å². The maximum atomic E-state index is 13.6. The first-order valence-electron chi connectivity index (χ1n) is 14.5. The Bertz CT molecular complexity index is 1130. The Morgan fingerprint density at radius 1 is 0.949 bits per heavy atom. The molecule has 4 fully saturated rings. The predicted molar refractivity (Wildman–Crippen MR) is 155 cm³/mol. The number of hydrogen-bond donors (Lipinski definition) is 0. The third-order valence-corrected chi connectivity index (χ3v) is 9.87. The van der Waals surface area contributed by atoms with Crippen LogP contribution in [0.15, 0.2) is 54.6 Å². The van der Waals surface area contributed by atoms with Gasteiger partial charge in [0.25, 0.3) is 0 Å². The van der Waals surface area contributed by atoms with Gasteiger partial charge < -0.3 is 19.4 Å². The van der Waals surface area contributed by atoms with Crippen molar-refractivity contribution < 1.29 is 14.3 Å². The summed E-state index contributed by atoms with van der Waals surface area (Å²) in [6, 6.07) is 18.8. The average Bonchev–Trinajstić information content (AvgIpc) is 3.47. The fourth-order valence-corrected chi connectivity index (χ4v) is 7.18. The lowest BCUT2D eigenvalue weighted by atomic mass is 9.76. The Morgan fingerprint density at radius 3 is 2.28 bits per heavy atom. The van der Waals surface area contributed by atoms with Crippen molar-refractivity contribution in [2.45, 2.75) is 51.0 Å². The van der Waals surface area contributed by atoms with Crippen molar-refractivity contribution in [3.05, 3.63) is 65.7 Å². The van der Waals surface area contributed by atoms with Gasteiger partial charge in [0.15, 0.2) is 0 Å². The number of rotatable bonds is 7. The first kappa shape index (κ1) is 28.0. The maximum Gasteiger partial charge on any atom is 0.229 e. The molecular formula is C32H42ClN3O3. The van der Waals surface area contributed by atoms with Crippen molar-refractivity contribution in [2.24, 2.45) is 17.3 Å². The Hall–Kier alpha value is -2.57. The molecule has 1 aliphatic carbocycles. The monoisotopic (exact) mass is 551 g/mol. The van der Waals surface area contributed by atoms with Crippen LogP contribution in [0.1, 0.15) is 55.6 Å². The van der Waals surface area contributed by atoms with E-state index >= 15 is 0 Å². The highest BCUT2D eigenvalue weighted by molar-refractivity contribution is 5.85. The molecule has 2 atom stereocenters. The zero-order chi connectivity index (χ0) is 26.1. The van der Waals surface area contributed by atoms with Crippen LogP contribution in [0.5, 0.6) is 5.75 Å². The number of methoxy groups -OCH3 is 1. The standard InChI is InChI=1S/C32H41N3O3.ClH/c1-38-28-12-10-24(11-13-28)20-34-19-16-32(31(34)37)14-17-33(18-15-32)21-27-22-35(30(36)26-8-5-9-26)23-29(27)25-6-3-2-4-7-25;/h2-4,6-7,10-13,26-27,29H,5,8-9,14-23H2,1H3;1H/t27-,29+;/m0./s1. The number of halogens is 1. The maximum absolute atomic E-state index is 13.6. The van der Waals surface area contributed by atoms with Gasteiger partial charge >= 0.3 is 0 Å². The minimum Gasteiger partial charge on any atom is -0.497 e. The van der Waals surface area contributed by atoms with Crippen molar-refractivity contribution in [3.63, 3.8) is 0 Å². The Kier molecular flexibility index (Phi) is 8.53. The molecule has 3 aliphatic heterocycles. The molecule has 3 heterocycles. The fourth-order valence-electron chi connectivity index (χ4n) is 7.18. The topological polar surface area (TPSA) is 53.1 Å². The third-order valence-electron chi connectivity index (χ3n) is 9.87. The lowest BCUT2D eigenvalue weighted by Crippen LogP contribution is -2.46. The summed E-state index contributed by atoms with van der Waals surface area (Å²) >= 11 is 0. The molecule has 2 aromatic carbocycles. The molecule has 2 amide bonds. The van der Waals surface area contributed by atoms with E-state index in [1.54, 1.807) is 7.11 Å². The molecule has 7 heteroatoms. The van der Waals surface area contributed by atoms with Gasteiger partial charge in [0, 0.05) is 44.6 Å². The Balaban J connectivity index is 0.00000308. The van der Waals surface area contributed by atoms with Crippen LogP contribution in [-0.2, 0) is 16.1 Å². The lowest BCUT2D eigenvalue weighted by molar-refractivity contribution is -0.139. The molecule has 1 saturated carbocycles. The van der Waals surface area contributed by atoms with E-state index in [1.165, 1.54) is 12.0 Å². The van der Waals surface area contributed by atoms with Gasteiger partial charge in [-0.05, 0) is 74.4 Å². The molecule has 0 N–H and O–H groups in total. The summed E-state index contributed by atoms with van der Waals surface area (Å²) in [6.45, 7) is 6.19. The largest absolute Gasteiger partial charge is 0.497 e. The fraction of sp³-hybridized carbons (Fsp3) is 0.562. The molecule has 4 aliphatic rings. The van der Waals surface area contributed by atoms with Crippen LogP contribution in [0, 0.1) is 17.3 Å². The van der Waals surface area contributed by atoms with Crippen LogP contribution >= 0.6 is 12.4 Å². The van der Waals surface area contributed by atoms with Crippen molar-refractivity contribution >= 4 is 24.2 Å². The molecule has 0 unspecified atom stereocenters. The number of piperidine rings is 1. The number of nitrogens with zero attached hydrogens (tertiary/aromatic N) is 3. The highest BCUT2D eigenvalue weighted by Gasteiger charge is 2.48. The first-order chi connectivity index (χ1) is 18.5. The summed E-state index contributed by atoms with van der Waals surface area (Å²) in [6.07, 6.45) is 6.18. The summed E-state index contributed by atoms with van der Waals surface area (Å²) in [5.41, 5.74) is 2.32. The SMILES string of the molecule is COc1ccc(CN2CCC3(CCN(C[C@H]4CN(C(=O)C5CCC5)C[C@@H]4c4ccccc4)CC3)C2=O)cc1.Cl. The van der Waals surface area contributed by atoms with Crippen LogP contribution in [-0.4, -0.2) is 72.9 Å². The zero-order valence-corrected chi connectivity index (χ0v) is 23.9. The number of ether oxygens (including phenoxy) is 1. The second-order valence-corrected chi connectivity index (χ2v) is 12.1. The third kappa shape index (κ3) is 5.69. The van der Waals surface area contributed by atoms with Crippen molar-refractivity contribution in [3.8, 4) is 5.75 Å². The van der Waals surface area contributed by atoms with Crippen LogP contribution in [0.3, 0.4) is 0 Å². The van der Waals surface area contributed by atoms with E-state index in [9.17, 15) is 9.59 Å². The van der Waals surface area contributed by atoms with Crippen LogP contribution < -0.4 is 4.74 Å². The predicted octanol–water partition coefficient (Wildman–Crippen LogP) is 4.97. The molecule has 210 valence electrons. The quantitative estimate of drug-likeness (QED) is 0.487. The molecule has 2 aromatic rings. The van der Waals surface area contributed by atoms with Gasteiger partial charge in [-0.2, -0.15) is 0 Å². The minimum absolute atomic E-state index is 0. The van der Waals surface area contributed by atoms with Crippen LogP contribution in [0.4, 0.5) is 0 Å². The number of carbonyl (C=O) groups is 2. The van der Waals surface area contributed by atoms with E-state index in [4.69, 9.17) is 4.74 Å². The number of likely N-dealkylation sites (tertiary alicyclic amines) is 3. The number of hydrogen-bond acceptors (Lipinski definition) is 4. The molecule has 0 aromatic heterocycles. The van der Waals surface area contributed by atoms with Gasteiger partial charge in [0.2, 0.25) is 11.8 Å².